The number of piperidine rings is 1. The van der Waals surface area contributed by atoms with Crippen molar-refractivity contribution in [2.24, 2.45) is 0 Å². The largest absolute Gasteiger partial charge is 0.465 e. The minimum atomic E-state index is -1.19. The number of likely N-dealkylation sites (tertiary alicyclic amines) is 1. The van der Waals surface area contributed by atoms with Crippen molar-refractivity contribution < 1.29 is 23.8 Å². The van der Waals surface area contributed by atoms with Crippen molar-refractivity contribution in [1.82, 2.24) is 24.8 Å². The quantitative estimate of drug-likeness (QED) is 0.289. The summed E-state index contributed by atoms with van der Waals surface area (Å²) in [6.07, 6.45) is 5.57. The van der Waals surface area contributed by atoms with E-state index >= 15 is 0 Å². The molecule has 1 saturated heterocycles. The van der Waals surface area contributed by atoms with Crippen molar-refractivity contribution in [3.05, 3.63) is 30.4 Å². The predicted octanol–water partition coefficient (Wildman–Crippen LogP) is 3.92. The van der Waals surface area contributed by atoms with Crippen LogP contribution in [0, 0.1) is 0 Å². The molecule has 194 valence electrons. The first-order valence-electron chi connectivity index (χ1n) is 12.1. The van der Waals surface area contributed by atoms with Crippen molar-refractivity contribution in [1.29, 1.82) is 0 Å². The van der Waals surface area contributed by atoms with E-state index in [4.69, 9.17) is 9.15 Å². The van der Waals surface area contributed by atoms with Gasteiger partial charge < -0.3 is 34.4 Å². The summed E-state index contributed by atoms with van der Waals surface area (Å²) in [6.45, 7) is 8.92. The average Bonchev–Trinajstić information content (AvgIpc) is 3.49. The molecule has 1 aliphatic rings. The molecule has 4 heterocycles. The van der Waals surface area contributed by atoms with Crippen molar-refractivity contribution in [2.45, 2.75) is 51.3 Å². The Morgan fingerprint density at radius 1 is 1.33 bits per heavy atom. The van der Waals surface area contributed by atoms with Gasteiger partial charge in [0.1, 0.15) is 18.6 Å². The second kappa shape index (κ2) is 10.7. The molecule has 0 radical (unpaired) electrons. The number of nitrogens with zero attached hydrogens (tertiary/aromatic N) is 4. The summed E-state index contributed by atoms with van der Waals surface area (Å²) < 4.78 is 13.5. The zero-order chi connectivity index (χ0) is 25.9. The lowest BCUT2D eigenvalue weighted by Gasteiger charge is -2.32. The van der Waals surface area contributed by atoms with Crippen LogP contribution in [-0.2, 0) is 11.5 Å². The second-order valence-electron chi connectivity index (χ2n) is 10.2. The summed E-state index contributed by atoms with van der Waals surface area (Å²) in [5, 5.41) is 16.4. The molecule has 0 saturated carbocycles. The van der Waals surface area contributed by atoms with E-state index < -0.39 is 14.2 Å². The van der Waals surface area contributed by atoms with Crippen LogP contribution in [0.1, 0.15) is 23.3 Å². The number of anilines is 1. The van der Waals surface area contributed by atoms with Gasteiger partial charge in [0, 0.05) is 58.6 Å². The molecule has 3 aromatic rings. The number of hydrogen-bond donors (Lipinski definition) is 3. The van der Waals surface area contributed by atoms with Crippen LogP contribution >= 0.6 is 0 Å². The third-order valence-corrected chi connectivity index (χ3v) is 7.95. The zero-order valence-corrected chi connectivity index (χ0v) is 22.2. The highest BCUT2D eigenvalue weighted by molar-refractivity contribution is 6.76. The molecule has 1 fully saturated rings. The molecule has 0 aliphatic carbocycles. The van der Waals surface area contributed by atoms with Crippen molar-refractivity contribution in [3.63, 3.8) is 0 Å². The zero-order valence-electron chi connectivity index (χ0n) is 21.2. The molecule has 4 rings (SSSR count). The Labute approximate surface area is 210 Å². The van der Waals surface area contributed by atoms with Gasteiger partial charge in [0.15, 0.2) is 5.69 Å². The summed E-state index contributed by atoms with van der Waals surface area (Å²) in [5.74, 6) is -0.0879. The van der Waals surface area contributed by atoms with Crippen LogP contribution in [-0.4, -0.2) is 77.4 Å². The number of fused-ring (bicyclic) bond motifs is 1. The number of amides is 2. The fourth-order valence-electron chi connectivity index (χ4n) is 4.20. The summed E-state index contributed by atoms with van der Waals surface area (Å²) in [5.41, 5.74) is 2.24. The normalized spacial score (nSPS) is 16.3. The van der Waals surface area contributed by atoms with E-state index in [1.165, 1.54) is 18.2 Å². The highest BCUT2D eigenvalue weighted by atomic mass is 28.3. The number of carbonyl (C=O) groups excluding carboxylic acids is 1. The van der Waals surface area contributed by atoms with Crippen LogP contribution in [0.3, 0.4) is 0 Å². The number of ether oxygens (including phenoxy) is 1. The summed E-state index contributed by atoms with van der Waals surface area (Å²) in [4.78, 5) is 34.0. The first-order valence-corrected chi connectivity index (χ1v) is 15.8. The van der Waals surface area contributed by atoms with Gasteiger partial charge in [-0.05, 0) is 25.0 Å². The first kappa shape index (κ1) is 25.7. The molecule has 0 aromatic carbocycles. The maximum atomic E-state index is 12.0. The Bertz CT molecular complexity index is 1230. The molecule has 2 amide bonds. The summed E-state index contributed by atoms with van der Waals surface area (Å²) >= 11 is 0. The highest BCUT2D eigenvalue weighted by Crippen LogP contribution is 2.35. The maximum absolute atomic E-state index is 12.0. The molecule has 3 aromatic heterocycles. The molecule has 0 bridgehead atoms. The lowest BCUT2D eigenvalue weighted by Crippen LogP contribution is -2.44. The van der Waals surface area contributed by atoms with Crippen molar-refractivity contribution in [2.75, 3.05) is 32.1 Å². The molecule has 0 unspecified atom stereocenters. The van der Waals surface area contributed by atoms with Gasteiger partial charge in [-0.1, -0.05) is 19.6 Å². The average molecular weight is 515 g/mol. The summed E-state index contributed by atoms with van der Waals surface area (Å²) in [7, 11) is 0.345. The predicted molar refractivity (Wildman–Crippen MR) is 139 cm³/mol. The lowest BCUT2D eigenvalue weighted by molar-refractivity contribution is 0.0899. The van der Waals surface area contributed by atoms with Gasteiger partial charge in [-0.15, -0.1) is 0 Å². The third kappa shape index (κ3) is 5.87. The summed E-state index contributed by atoms with van der Waals surface area (Å²) in [6, 6.07) is 2.94. The number of nitrogens with one attached hydrogen (secondary N) is 2. The maximum Gasteiger partial charge on any atom is 0.407 e. The molecule has 12 heteroatoms. The fourth-order valence-corrected chi connectivity index (χ4v) is 4.96. The molecule has 11 nitrogen and oxygen atoms in total. The lowest BCUT2D eigenvalue weighted by atomic mass is 10.0. The number of hydrogen-bond acceptors (Lipinski definition) is 7. The Balaban J connectivity index is 1.66. The SMILES string of the molecule is CNC(=O)c1coc(-c2cnc3c(ccn3COCC[Si](C)(C)C)c2N[C@@H]2CCCN(C(=O)O)C2)n1. The van der Waals surface area contributed by atoms with Gasteiger partial charge in [-0.3, -0.25) is 4.79 Å². The van der Waals surface area contributed by atoms with E-state index in [0.717, 1.165) is 35.6 Å². The van der Waals surface area contributed by atoms with Gasteiger partial charge in [0.05, 0.1) is 11.3 Å². The van der Waals surface area contributed by atoms with Crippen LogP contribution in [0.2, 0.25) is 25.7 Å². The number of oxazole rings is 1. The molecule has 36 heavy (non-hydrogen) atoms. The van der Waals surface area contributed by atoms with Crippen LogP contribution < -0.4 is 10.6 Å². The van der Waals surface area contributed by atoms with E-state index in [1.807, 2.05) is 16.8 Å². The van der Waals surface area contributed by atoms with Gasteiger partial charge in [-0.2, -0.15) is 0 Å². The van der Waals surface area contributed by atoms with Crippen LogP contribution in [0.4, 0.5) is 10.5 Å². The Morgan fingerprint density at radius 3 is 2.86 bits per heavy atom. The van der Waals surface area contributed by atoms with E-state index in [0.29, 0.717) is 32.0 Å². The Morgan fingerprint density at radius 2 is 2.14 bits per heavy atom. The van der Waals surface area contributed by atoms with E-state index in [9.17, 15) is 14.7 Å². The molecular formula is C24H34N6O5Si. The number of carboxylic acid groups (broad SMARTS) is 1. The topological polar surface area (TPSA) is 135 Å². The third-order valence-electron chi connectivity index (χ3n) is 6.25. The minimum Gasteiger partial charge on any atom is -0.465 e. The standard InChI is InChI=1S/C24H34N6O5Si/c1-25-22(31)19-14-35-23(28-19)18-12-26-21-17(7-9-30(21)15-34-10-11-36(2,3)4)20(18)27-16-6-5-8-29(13-16)24(32)33/h7,9,12,14,16H,5-6,8,10-11,13,15H2,1-4H3,(H,25,31)(H,26,27)(H,32,33)/t16-/m1/s1. The first-order chi connectivity index (χ1) is 17.2. The fraction of sp³-hybridized carbons (Fsp3) is 0.500. The van der Waals surface area contributed by atoms with Crippen molar-refractivity contribution in [3.8, 4) is 11.5 Å². The molecule has 1 aliphatic heterocycles. The number of rotatable bonds is 9. The molecular weight excluding hydrogens is 480 g/mol. The van der Waals surface area contributed by atoms with E-state index in [-0.39, 0.29) is 23.5 Å². The van der Waals surface area contributed by atoms with Crippen molar-refractivity contribution >= 4 is 36.8 Å². The van der Waals surface area contributed by atoms with Crippen LogP contribution in [0.5, 0.6) is 0 Å². The van der Waals surface area contributed by atoms with Gasteiger partial charge in [-0.25, -0.2) is 14.8 Å². The van der Waals surface area contributed by atoms with Gasteiger partial charge in [0.2, 0.25) is 5.89 Å². The Kier molecular flexibility index (Phi) is 7.64. The number of pyridine rings is 1. The van der Waals surface area contributed by atoms with Crippen LogP contribution in [0.15, 0.2) is 29.1 Å². The highest BCUT2D eigenvalue weighted by Gasteiger charge is 2.26. The molecule has 3 N–H and O–H groups in total. The molecule has 0 spiro atoms. The van der Waals surface area contributed by atoms with Gasteiger partial charge >= 0.3 is 6.09 Å². The smallest absolute Gasteiger partial charge is 0.407 e. The number of aromatic nitrogens is 3. The minimum absolute atomic E-state index is 0.0936. The Hall–Kier alpha value is -3.38. The van der Waals surface area contributed by atoms with E-state index in [1.54, 1.807) is 6.20 Å². The van der Waals surface area contributed by atoms with Crippen LogP contribution in [0.25, 0.3) is 22.5 Å². The monoisotopic (exact) mass is 514 g/mol. The number of carbonyl (C=O) groups is 2. The van der Waals surface area contributed by atoms with E-state index in [2.05, 4.69) is 40.2 Å². The second-order valence-corrected chi connectivity index (χ2v) is 15.9. The van der Waals surface area contributed by atoms with Gasteiger partial charge in [0.25, 0.3) is 5.91 Å². The molecule has 1 atom stereocenters.